The van der Waals surface area contributed by atoms with E-state index in [0.717, 1.165) is 29.6 Å². The number of methoxy groups -OCH3 is 1. The van der Waals surface area contributed by atoms with E-state index in [1.165, 1.54) is 18.4 Å². The lowest BCUT2D eigenvalue weighted by Gasteiger charge is -2.31. The van der Waals surface area contributed by atoms with Crippen molar-refractivity contribution >= 4 is 15.9 Å². The monoisotopic (exact) mass is 327 g/mol. The maximum absolute atomic E-state index is 9.43. The predicted molar refractivity (Wildman–Crippen MR) is 80.4 cm³/mol. The molecule has 1 aromatic carbocycles. The highest BCUT2D eigenvalue weighted by Crippen LogP contribution is 2.26. The maximum atomic E-state index is 9.43. The third kappa shape index (κ3) is 3.94. The summed E-state index contributed by atoms with van der Waals surface area (Å²) in [5.41, 5.74) is 1.20. The van der Waals surface area contributed by atoms with E-state index in [4.69, 9.17) is 4.74 Å². The SMILES string of the molecule is COc1ccc(Br)c(CNC2CCCCC2CO)c1. The minimum atomic E-state index is 0.289. The van der Waals surface area contributed by atoms with E-state index in [1.807, 2.05) is 18.2 Å². The van der Waals surface area contributed by atoms with Crippen molar-refractivity contribution in [2.75, 3.05) is 13.7 Å². The molecule has 4 heteroatoms. The van der Waals surface area contributed by atoms with Gasteiger partial charge in [0.25, 0.3) is 0 Å². The van der Waals surface area contributed by atoms with Gasteiger partial charge in [-0.05, 0) is 42.5 Å². The molecule has 1 saturated carbocycles. The molecule has 106 valence electrons. The molecule has 1 fully saturated rings. The van der Waals surface area contributed by atoms with Crippen molar-refractivity contribution in [2.45, 2.75) is 38.3 Å². The molecule has 0 aromatic heterocycles. The maximum Gasteiger partial charge on any atom is 0.119 e. The number of aliphatic hydroxyl groups excluding tert-OH is 1. The van der Waals surface area contributed by atoms with Crippen LogP contribution in [0.3, 0.4) is 0 Å². The van der Waals surface area contributed by atoms with Crippen molar-refractivity contribution in [1.82, 2.24) is 5.32 Å². The highest BCUT2D eigenvalue weighted by Gasteiger charge is 2.23. The van der Waals surface area contributed by atoms with Crippen molar-refractivity contribution in [3.05, 3.63) is 28.2 Å². The summed E-state index contributed by atoms with van der Waals surface area (Å²) in [5.74, 6) is 1.28. The van der Waals surface area contributed by atoms with Crippen LogP contribution in [0.15, 0.2) is 22.7 Å². The molecule has 1 aliphatic rings. The number of ether oxygens (including phenoxy) is 1. The predicted octanol–water partition coefficient (Wildman–Crippen LogP) is 3.10. The van der Waals surface area contributed by atoms with Crippen LogP contribution in [0.4, 0.5) is 0 Å². The molecule has 2 unspecified atom stereocenters. The summed E-state index contributed by atoms with van der Waals surface area (Å²) in [6.45, 7) is 1.09. The van der Waals surface area contributed by atoms with Crippen LogP contribution in [0.1, 0.15) is 31.2 Å². The Balaban J connectivity index is 1.97. The molecule has 1 aromatic rings. The van der Waals surface area contributed by atoms with Crippen LogP contribution >= 0.6 is 15.9 Å². The Hall–Kier alpha value is -0.580. The van der Waals surface area contributed by atoms with Gasteiger partial charge in [0.15, 0.2) is 0 Å². The third-order valence-electron chi connectivity index (χ3n) is 3.95. The molecule has 0 radical (unpaired) electrons. The van der Waals surface area contributed by atoms with Crippen LogP contribution < -0.4 is 10.1 Å². The molecule has 0 spiro atoms. The minimum Gasteiger partial charge on any atom is -0.497 e. The van der Waals surface area contributed by atoms with Gasteiger partial charge in [0.05, 0.1) is 7.11 Å². The van der Waals surface area contributed by atoms with Crippen molar-refractivity contribution in [3.8, 4) is 5.75 Å². The van der Waals surface area contributed by atoms with Crippen molar-refractivity contribution in [3.63, 3.8) is 0 Å². The summed E-state index contributed by atoms with van der Waals surface area (Å²) in [6, 6.07) is 6.44. The van der Waals surface area contributed by atoms with Gasteiger partial charge in [-0.1, -0.05) is 28.8 Å². The number of aliphatic hydroxyl groups is 1. The number of hydrogen-bond acceptors (Lipinski definition) is 3. The van der Waals surface area contributed by atoms with E-state index >= 15 is 0 Å². The quantitative estimate of drug-likeness (QED) is 0.873. The number of benzene rings is 1. The molecule has 1 aliphatic carbocycles. The van der Waals surface area contributed by atoms with Crippen LogP contribution in [0.25, 0.3) is 0 Å². The molecule has 2 rings (SSSR count). The van der Waals surface area contributed by atoms with Crippen LogP contribution in [0.2, 0.25) is 0 Å². The number of nitrogens with one attached hydrogen (secondary N) is 1. The van der Waals surface area contributed by atoms with Gasteiger partial charge in [0.1, 0.15) is 5.75 Å². The average Bonchev–Trinajstić information content (AvgIpc) is 2.46. The molecule has 3 nitrogen and oxygen atoms in total. The highest BCUT2D eigenvalue weighted by atomic mass is 79.9. The van der Waals surface area contributed by atoms with Gasteiger partial charge < -0.3 is 15.2 Å². The molecular formula is C15H22BrNO2. The van der Waals surface area contributed by atoms with Gasteiger partial charge in [0.2, 0.25) is 0 Å². The molecule has 0 amide bonds. The van der Waals surface area contributed by atoms with Gasteiger partial charge in [-0.3, -0.25) is 0 Å². The van der Waals surface area contributed by atoms with E-state index in [0.29, 0.717) is 12.0 Å². The second kappa shape index (κ2) is 7.27. The average molecular weight is 328 g/mol. The molecular weight excluding hydrogens is 306 g/mol. The second-order valence-corrected chi connectivity index (χ2v) is 6.03. The van der Waals surface area contributed by atoms with Gasteiger partial charge in [-0.15, -0.1) is 0 Å². The summed E-state index contributed by atoms with van der Waals surface area (Å²) >= 11 is 3.57. The molecule has 2 atom stereocenters. The van der Waals surface area contributed by atoms with Gasteiger partial charge in [-0.2, -0.15) is 0 Å². The van der Waals surface area contributed by atoms with E-state index in [2.05, 4.69) is 21.2 Å². The topological polar surface area (TPSA) is 41.5 Å². The summed E-state index contributed by atoms with van der Waals surface area (Å²) in [6.07, 6.45) is 4.79. The summed E-state index contributed by atoms with van der Waals surface area (Å²) < 4.78 is 6.35. The van der Waals surface area contributed by atoms with E-state index in [-0.39, 0.29) is 6.61 Å². The third-order valence-corrected chi connectivity index (χ3v) is 4.72. The zero-order chi connectivity index (χ0) is 13.7. The Labute approximate surface area is 123 Å². The van der Waals surface area contributed by atoms with Crippen LogP contribution in [0.5, 0.6) is 5.75 Å². The number of rotatable bonds is 5. The number of halogens is 1. The Morgan fingerprint density at radius 1 is 1.37 bits per heavy atom. The summed E-state index contributed by atoms with van der Waals surface area (Å²) in [5, 5.41) is 13.0. The second-order valence-electron chi connectivity index (χ2n) is 5.17. The molecule has 19 heavy (non-hydrogen) atoms. The first-order chi connectivity index (χ1) is 9.24. The number of hydrogen-bond donors (Lipinski definition) is 2. The van der Waals surface area contributed by atoms with Gasteiger partial charge in [0, 0.05) is 23.7 Å². The molecule has 0 bridgehead atoms. The van der Waals surface area contributed by atoms with Crippen molar-refractivity contribution in [2.24, 2.45) is 5.92 Å². The first-order valence-corrected chi connectivity index (χ1v) is 7.70. The smallest absolute Gasteiger partial charge is 0.119 e. The standard InChI is InChI=1S/C15H22BrNO2/c1-19-13-6-7-14(16)12(8-13)9-17-15-5-3-2-4-11(15)10-18/h6-8,11,15,17-18H,2-5,9-10H2,1H3. The highest BCUT2D eigenvalue weighted by molar-refractivity contribution is 9.10. The first kappa shape index (κ1) is 14.8. The first-order valence-electron chi connectivity index (χ1n) is 6.91. The normalized spacial score (nSPS) is 23.3. The fourth-order valence-corrected chi connectivity index (χ4v) is 3.14. The Kier molecular flexibility index (Phi) is 5.67. The zero-order valence-electron chi connectivity index (χ0n) is 11.4. The molecule has 2 N–H and O–H groups in total. The van der Waals surface area contributed by atoms with E-state index in [1.54, 1.807) is 7.11 Å². The van der Waals surface area contributed by atoms with Crippen molar-refractivity contribution in [1.29, 1.82) is 0 Å². The summed E-state index contributed by atoms with van der Waals surface area (Å²) in [7, 11) is 1.68. The minimum absolute atomic E-state index is 0.289. The largest absolute Gasteiger partial charge is 0.497 e. The van der Waals surface area contributed by atoms with Gasteiger partial charge in [-0.25, -0.2) is 0 Å². The van der Waals surface area contributed by atoms with E-state index in [9.17, 15) is 5.11 Å². The van der Waals surface area contributed by atoms with Crippen molar-refractivity contribution < 1.29 is 9.84 Å². The van der Waals surface area contributed by atoms with Gasteiger partial charge >= 0.3 is 0 Å². The lowest BCUT2D eigenvalue weighted by atomic mass is 9.85. The Morgan fingerprint density at radius 2 is 2.16 bits per heavy atom. The van der Waals surface area contributed by atoms with Crippen LogP contribution in [0, 0.1) is 5.92 Å². The molecule has 0 aliphatic heterocycles. The zero-order valence-corrected chi connectivity index (χ0v) is 12.9. The fourth-order valence-electron chi connectivity index (χ4n) is 2.75. The van der Waals surface area contributed by atoms with Crippen LogP contribution in [-0.4, -0.2) is 24.9 Å². The van der Waals surface area contributed by atoms with E-state index < -0.39 is 0 Å². The van der Waals surface area contributed by atoms with Crippen LogP contribution in [-0.2, 0) is 6.54 Å². The molecule has 0 heterocycles. The lowest BCUT2D eigenvalue weighted by molar-refractivity contribution is 0.152. The molecule has 0 saturated heterocycles. The Morgan fingerprint density at radius 3 is 2.89 bits per heavy atom. The lowest BCUT2D eigenvalue weighted by Crippen LogP contribution is -2.39. The summed E-state index contributed by atoms with van der Waals surface area (Å²) in [4.78, 5) is 0. The Bertz CT molecular complexity index is 411. The fraction of sp³-hybridized carbons (Fsp3) is 0.600.